The maximum atomic E-state index is 13.8. The Morgan fingerprint density at radius 3 is 2.26 bits per heavy atom. The summed E-state index contributed by atoms with van der Waals surface area (Å²) in [6.07, 6.45) is -0.0222. The first-order valence-corrected chi connectivity index (χ1v) is 15.4. The zero-order valence-corrected chi connectivity index (χ0v) is 26.3. The highest BCUT2D eigenvalue weighted by atomic mass is 35.5. The molecule has 0 aliphatic rings. The number of benzene rings is 4. The fourth-order valence-electron chi connectivity index (χ4n) is 5.40. The van der Waals surface area contributed by atoms with Crippen molar-refractivity contribution in [3.05, 3.63) is 117 Å². The number of aromatic nitrogens is 2. The van der Waals surface area contributed by atoms with Gasteiger partial charge >= 0.3 is 0 Å². The van der Waals surface area contributed by atoms with Gasteiger partial charge in [-0.05, 0) is 77.4 Å². The average Bonchev–Trinajstić information content (AvgIpc) is 3.39. The molecule has 0 bridgehead atoms. The second kappa shape index (κ2) is 15.0. The topological polar surface area (TPSA) is 117 Å². The molecule has 0 radical (unpaired) electrons. The van der Waals surface area contributed by atoms with Crippen molar-refractivity contribution in [3.63, 3.8) is 0 Å². The summed E-state index contributed by atoms with van der Waals surface area (Å²) in [6.45, 7) is 1.29. The zero-order valence-electron chi connectivity index (χ0n) is 24.8. The van der Waals surface area contributed by atoms with Crippen LogP contribution in [-0.2, 0) is 17.9 Å². The number of carbonyl (C=O) groups is 1. The summed E-state index contributed by atoms with van der Waals surface area (Å²) in [5.74, 6) is -1.72. The fraction of sp³-hybridized carbons (Fsp3) is 0.235. The molecule has 1 heterocycles. The Kier molecular flexibility index (Phi) is 10.9. The van der Waals surface area contributed by atoms with Crippen molar-refractivity contribution >= 4 is 45.8 Å². The van der Waals surface area contributed by atoms with Crippen LogP contribution in [0.25, 0.3) is 22.4 Å². The molecule has 0 aliphatic carbocycles. The van der Waals surface area contributed by atoms with Crippen LogP contribution >= 0.6 is 23.2 Å². The van der Waals surface area contributed by atoms with Gasteiger partial charge in [0.2, 0.25) is 5.91 Å². The Morgan fingerprint density at radius 2 is 1.61 bits per heavy atom. The van der Waals surface area contributed by atoms with Gasteiger partial charge in [0.25, 0.3) is 0 Å². The molecule has 1 unspecified atom stereocenters. The van der Waals surface area contributed by atoms with Crippen LogP contribution < -0.4 is 16.0 Å². The lowest BCUT2D eigenvalue weighted by Gasteiger charge is -2.23. The molecular weight excluding hydrogens is 635 g/mol. The first-order valence-electron chi connectivity index (χ1n) is 14.6. The summed E-state index contributed by atoms with van der Waals surface area (Å²) >= 11 is 12.5. The number of primary amides is 1. The molecule has 8 nitrogen and oxygen atoms in total. The van der Waals surface area contributed by atoms with Gasteiger partial charge in [0.1, 0.15) is 5.82 Å². The van der Waals surface area contributed by atoms with Gasteiger partial charge in [-0.3, -0.25) is 4.79 Å². The molecule has 0 fully saturated rings. The Balaban J connectivity index is 1.53. The maximum absolute atomic E-state index is 13.8. The van der Waals surface area contributed by atoms with Gasteiger partial charge in [-0.2, -0.15) is 0 Å². The van der Waals surface area contributed by atoms with Crippen molar-refractivity contribution in [1.82, 2.24) is 14.9 Å². The number of nitrogens with zero attached hydrogens (tertiary/aromatic N) is 3. The number of aliphatic hydroxyl groups excluding tert-OH is 2. The number of fused-ring (bicyclic) bond motifs is 1. The van der Waals surface area contributed by atoms with E-state index in [9.17, 15) is 23.8 Å². The highest BCUT2D eigenvalue weighted by molar-refractivity contribution is 6.42. The second-order valence-electron chi connectivity index (χ2n) is 10.9. The lowest BCUT2D eigenvalue weighted by atomic mass is 10.0. The highest BCUT2D eigenvalue weighted by Gasteiger charge is 2.19. The smallest absolute Gasteiger partial charge is 0.219 e. The molecule has 0 spiro atoms. The van der Waals surface area contributed by atoms with E-state index in [1.54, 1.807) is 6.07 Å². The molecule has 5 aromatic rings. The van der Waals surface area contributed by atoms with Crippen LogP contribution in [0, 0.1) is 11.6 Å². The monoisotopic (exact) mass is 667 g/mol. The average molecular weight is 669 g/mol. The summed E-state index contributed by atoms with van der Waals surface area (Å²) in [5.41, 5.74) is 10.9. The standard InChI is InChI=1S/C34H33Cl2F2N5O3/c35-26-8-1-22(15-27(26)36)20-43-32-10-5-24(30(18-33(39)46)40-19-21-2-9-28(37)29(38)16-21)17-31(32)41-34(43)23-3-6-25(7-4-23)42(11-13-44)12-14-45/h1-10,15-17,30,40,44-45H,11-14,18-20H2,(H2,39,46). The number of nitrogens with one attached hydrogen (secondary N) is 1. The molecule has 0 saturated carbocycles. The van der Waals surface area contributed by atoms with Gasteiger partial charge < -0.3 is 30.7 Å². The van der Waals surface area contributed by atoms with E-state index in [1.807, 2.05) is 59.5 Å². The summed E-state index contributed by atoms with van der Waals surface area (Å²) in [4.78, 5) is 18.9. The zero-order chi connectivity index (χ0) is 32.8. The van der Waals surface area contributed by atoms with Crippen LogP contribution in [0.2, 0.25) is 10.0 Å². The maximum Gasteiger partial charge on any atom is 0.219 e. The Bertz CT molecular complexity index is 1830. The number of carbonyl (C=O) groups excluding carboxylic acids is 1. The first-order chi connectivity index (χ1) is 22.2. The fourth-order valence-corrected chi connectivity index (χ4v) is 5.72. The largest absolute Gasteiger partial charge is 0.395 e. The van der Waals surface area contributed by atoms with Crippen LogP contribution in [0.4, 0.5) is 14.5 Å². The minimum Gasteiger partial charge on any atom is -0.395 e. The van der Waals surface area contributed by atoms with E-state index >= 15 is 0 Å². The number of imidazole rings is 1. The number of anilines is 1. The highest BCUT2D eigenvalue weighted by Crippen LogP contribution is 2.31. The van der Waals surface area contributed by atoms with Gasteiger partial charge in [0.05, 0.1) is 34.3 Å². The van der Waals surface area contributed by atoms with Crippen LogP contribution in [-0.4, -0.2) is 52.0 Å². The van der Waals surface area contributed by atoms with E-state index in [0.29, 0.717) is 46.6 Å². The minimum atomic E-state index is -0.949. The van der Waals surface area contributed by atoms with E-state index in [0.717, 1.165) is 40.0 Å². The van der Waals surface area contributed by atoms with Crippen molar-refractivity contribution in [1.29, 1.82) is 0 Å². The predicted octanol–water partition coefficient (Wildman–Crippen LogP) is 5.83. The van der Waals surface area contributed by atoms with E-state index in [4.69, 9.17) is 33.9 Å². The SMILES string of the molecule is NC(=O)CC(NCc1ccc(F)c(F)c1)c1ccc2c(c1)nc(-c1ccc(N(CCO)CCO)cc1)n2Cc1ccc(Cl)c(Cl)c1. The number of nitrogens with two attached hydrogens (primary N) is 1. The van der Waals surface area contributed by atoms with Crippen LogP contribution in [0.5, 0.6) is 0 Å². The van der Waals surface area contributed by atoms with Crippen LogP contribution in [0.15, 0.2) is 78.9 Å². The lowest BCUT2D eigenvalue weighted by Crippen LogP contribution is -2.29. The van der Waals surface area contributed by atoms with E-state index in [-0.39, 0.29) is 26.2 Å². The van der Waals surface area contributed by atoms with E-state index in [1.165, 1.54) is 6.07 Å². The third-order valence-electron chi connectivity index (χ3n) is 7.67. The Hall–Kier alpha value is -4.06. The van der Waals surface area contributed by atoms with E-state index < -0.39 is 23.6 Å². The molecule has 1 amide bonds. The van der Waals surface area contributed by atoms with Gasteiger partial charge in [-0.25, -0.2) is 13.8 Å². The Labute approximate surface area is 275 Å². The third kappa shape index (κ3) is 7.83. The predicted molar refractivity (Wildman–Crippen MR) is 177 cm³/mol. The van der Waals surface area contributed by atoms with Gasteiger partial charge in [0.15, 0.2) is 11.6 Å². The molecule has 4 aromatic carbocycles. The van der Waals surface area contributed by atoms with Gasteiger partial charge in [-0.15, -0.1) is 0 Å². The molecular formula is C34H33Cl2F2N5O3. The first kappa shape index (κ1) is 33.3. The molecule has 5 rings (SSSR count). The third-order valence-corrected chi connectivity index (χ3v) is 8.41. The van der Waals surface area contributed by atoms with Crippen LogP contribution in [0.3, 0.4) is 0 Å². The van der Waals surface area contributed by atoms with Crippen molar-refractivity contribution in [2.75, 3.05) is 31.2 Å². The number of amides is 1. The molecule has 1 aromatic heterocycles. The lowest BCUT2D eigenvalue weighted by molar-refractivity contribution is -0.118. The minimum absolute atomic E-state index is 0.0222. The van der Waals surface area contributed by atoms with Crippen LogP contribution in [0.1, 0.15) is 29.2 Å². The number of hydrogen-bond donors (Lipinski definition) is 4. The summed E-state index contributed by atoms with van der Waals surface area (Å²) in [7, 11) is 0. The molecule has 5 N–H and O–H groups in total. The summed E-state index contributed by atoms with van der Waals surface area (Å²) < 4.78 is 29.3. The van der Waals surface area contributed by atoms with Gasteiger partial charge in [-0.1, -0.05) is 41.4 Å². The normalized spacial score (nSPS) is 12.0. The number of aliphatic hydroxyl groups is 2. The molecule has 240 valence electrons. The molecule has 12 heteroatoms. The van der Waals surface area contributed by atoms with Gasteiger partial charge in [0, 0.05) is 49.9 Å². The summed E-state index contributed by atoms with van der Waals surface area (Å²) in [6, 6.07) is 22.0. The molecule has 0 saturated heterocycles. The molecule has 46 heavy (non-hydrogen) atoms. The summed E-state index contributed by atoms with van der Waals surface area (Å²) in [5, 5.41) is 23.1. The van der Waals surface area contributed by atoms with Crippen molar-refractivity contribution in [2.45, 2.75) is 25.6 Å². The number of hydrogen-bond acceptors (Lipinski definition) is 6. The number of halogens is 4. The number of rotatable bonds is 14. The quantitative estimate of drug-likeness (QED) is 0.118. The van der Waals surface area contributed by atoms with Crippen molar-refractivity contribution in [3.8, 4) is 11.4 Å². The second-order valence-corrected chi connectivity index (χ2v) is 11.7. The molecule has 0 aliphatic heterocycles. The van der Waals surface area contributed by atoms with Crippen molar-refractivity contribution in [2.24, 2.45) is 5.73 Å². The molecule has 1 atom stereocenters. The van der Waals surface area contributed by atoms with Crippen molar-refractivity contribution < 1.29 is 23.8 Å². The Morgan fingerprint density at radius 1 is 0.891 bits per heavy atom. The van der Waals surface area contributed by atoms with E-state index in [2.05, 4.69) is 9.88 Å².